The normalized spacial score (nSPS) is 13.2. The van der Waals surface area contributed by atoms with E-state index in [1.165, 1.54) is 128 Å². The molecule has 0 radical (unpaired) electrons. The van der Waals surface area contributed by atoms with Crippen LogP contribution >= 0.6 is 0 Å². The number of rotatable bonds is 10. The summed E-state index contributed by atoms with van der Waals surface area (Å²) in [6.07, 6.45) is 0. The molecule has 2 aliphatic carbocycles. The molecule has 0 unspecified atom stereocenters. The van der Waals surface area contributed by atoms with Gasteiger partial charge in [-0.15, -0.1) is 0 Å². The molecule has 392 valence electrons. The Morgan fingerprint density at radius 1 is 0.205 bits per heavy atom. The third-order valence-electron chi connectivity index (χ3n) is 17.9. The standard InChI is InChI=1S/C83H60/c1-55-40-41-77-75(44-55)81-79(43-42-78-80(81)74-38-16-17-39-76(74)82(78,2)3)83(77,72-51-68(64-34-18-30-60(45-64)56-22-8-4-9-23-56)49-69(52-72)65-35-19-31-61(46-65)57-24-10-5-11-25-57)73-53-70(66-36-20-32-62(47-66)58-26-12-6-13-27-58)50-71(54-73)67-37-21-33-63(48-67)59-28-14-7-15-29-59/h4-54H,1-3H3. The van der Waals surface area contributed by atoms with Crippen molar-refractivity contribution in [2.75, 3.05) is 0 Å². The van der Waals surface area contributed by atoms with Crippen LogP contribution in [-0.2, 0) is 10.8 Å². The molecule has 13 aromatic carbocycles. The van der Waals surface area contributed by atoms with Crippen molar-refractivity contribution < 1.29 is 0 Å². The van der Waals surface area contributed by atoms with Gasteiger partial charge in [0.2, 0.25) is 0 Å². The zero-order valence-corrected chi connectivity index (χ0v) is 46.9. The molecule has 0 aliphatic heterocycles. The maximum atomic E-state index is 2.54. The number of hydrogen-bond donors (Lipinski definition) is 0. The van der Waals surface area contributed by atoms with Crippen LogP contribution in [0.5, 0.6) is 0 Å². The van der Waals surface area contributed by atoms with Gasteiger partial charge in [0.05, 0.1) is 5.41 Å². The fraction of sp³-hybridized carbons (Fsp3) is 0.0602. The molecule has 13 aromatic rings. The Morgan fingerprint density at radius 2 is 0.506 bits per heavy atom. The zero-order chi connectivity index (χ0) is 55.7. The summed E-state index contributed by atoms with van der Waals surface area (Å²) in [4.78, 5) is 0. The molecule has 0 fully saturated rings. The Bertz CT molecular complexity index is 4200. The van der Waals surface area contributed by atoms with E-state index in [4.69, 9.17) is 0 Å². The fourth-order valence-corrected chi connectivity index (χ4v) is 13.9. The molecule has 15 rings (SSSR count). The van der Waals surface area contributed by atoms with E-state index >= 15 is 0 Å². The van der Waals surface area contributed by atoms with Crippen molar-refractivity contribution in [3.63, 3.8) is 0 Å². The van der Waals surface area contributed by atoms with Crippen molar-refractivity contribution in [1.82, 2.24) is 0 Å². The maximum absolute atomic E-state index is 2.54. The van der Waals surface area contributed by atoms with Crippen LogP contribution < -0.4 is 0 Å². The van der Waals surface area contributed by atoms with Crippen LogP contribution in [0.3, 0.4) is 0 Å². The highest BCUT2D eigenvalue weighted by atomic mass is 14.5. The van der Waals surface area contributed by atoms with Crippen LogP contribution in [0, 0.1) is 6.92 Å². The molecular formula is C83H60. The molecule has 2 aliphatic rings. The largest absolute Gasteiger partial charge is 0.0714 e. The Morgan fingerprint density at radius 3 is 0.904 bits per heavy atom. The predicted molar refractivity (Wildman–Crippen MR) is 350 cm³/mol. The molecular weight excluding hydrogens is 997 g/mol. The lowest BCUT2D eigenvalue weighted by Crippen LogP contribution is -2.29. The third-order valence-corrected chi connectivity index (χ3v) is 17.9. The average molecular weight is 1060 g/mol. The van der Waals surface area contributed by atoms with E-state index in [9.17, 15) is 0 Å². The van der Waals surface area contributed by atoms with Crippen molar-refractivity contribution in [3.05, 3.63) is 348 Å². The fourth-order valence-electron chi connectivity index (χ4n) is 13.9. The van der Waals surface area contributed by atoms with E-state index in [0.717, 1.165) is 22.3 Å². The van der Waals surface area contributed by atoms with Crippen LogP contribution in [0.4, 0.5) is 0 Å². The van der Waals surface area contributed by atoms with Crippen LogP contribution in [0.25, 0.3) is 111 Å². The number of benzene rings is 13. The minimum atomic E-state index is -0.827. The van der Waals surface area contributed by atoms with Crippen molar-refractivity contribution in [2.24, 2.45) is 0 Å². The van der Waals surface area contributed by atoms with Gasteiger partial charge >= 0.3 is 0 Å². The quantitative estimate of drug-likeness (QED) is 0.128. The minimum Gasteiger partial charge on any atom is -0.0622 e. The van der Waals surface area contributed by atoms with E-state index in [-0.39, 0.29) is 5.41 Å². The van der Waals surface area contributed by atoms with Gasteiger partial charge in [-0.25, -0.2) is 0 Å². The smallest absolute Gasteiger partial charge is 0.0622 e. The van der Waals surface area contributed by atoms with Crippen LogP contribution in [0.15, 0.2) is 309 Å². The summed E-state index contributed by atoms with van der Waals surface area (Å²) >= 11 is 0. The van der Waals surface area contributed by atoms with Crippen molar-refractivity contribution in [3.8, 4) is 111 Å². The maximum Gasteiger partial charge on any atom is 0.0714 e. The van der Waals surface area contributed by atoms with E-state index in [1.807, 2.05) is 0 Å². The highest BCUT2D eigenvalue weighted by molar-refractivity contribution is 6.01. The Hall–Kier alpha value is -10.1. The van der Waals surface area contributed by atoms with Gasteiger partial charge in [0, 0.05) is 5.41 Å². The second-order valence-corrected chi connectivity index (χ2v) is 23.3. The molecule has 0 heterocycles. The second kappa shape index (κ2) is 20.1. The first-order valence-electron chi connectivity index (χ1n) is 29.1. The van der Waals surface area contributed by atoms with Crippen molar-refractivity contribution in [2.45, 2.75) is 31.6 Å². The lowest BCUT2D eigenvalue weighted by atomic mass is 9.65. The first-order valence-corrected chi connectivity index (χ1v) is 29.1. The molecule has 0 atom stereocenters. The topological polar surface area (TPSA) is 0 Å². The summed E-state index contributed by atoms with van der Waals surface area (Å²) in [5, 5.41) is 0. The third kappa shape index (κ3) is 8.52. The van der Waals surface area contributed by atoms with E-state index in [2.05, 4.69) is 330 Å². The first kappa shape index (κ1) is 49.9. The monoisotopic (exact) mass is 1060 g/mol. The highest BCUT2D eigenvalue weighted by Crippen LogP contribution is 2.63. The van der Waals surface area contributed by atoms with Gasteiger partial charge in [0.25, 0.3) is 0 Å². The highest BCUT2D eigenvalue weighted by Gasteiger charge is 2.50. The SMILES string of the molecule is Cc1ccc2c(c1)-c1c(ccc3c1-c1ccccc1C3(C)C)C2(c1cc(-c2cccc(-c3ccccc3)c2)cc(-c2cccc(-c3ccccc3)c2)c1)c1cc(-c2cccc(-c3ccccc3)c2)cc(-c2cccc(-c3ccccc3)c2)c1. The lowest BCUT2D eigenvalue weighted by molar-refractivity contribution is 0.659. The van der Waals surface area contributed by atoms with Crippen LogP contribution in [0.1, 0.15) is 52.8 Å². The molecule has 0 saturated carbocycles. The van der Waals surface area contributed by atoms with Gasteiger partial charge in [-0.2, -0.15) is 0 Å². The predicted octanol–water partition coefficient (Wildman–Crippen LogP) is 22.0. The van der Waals surface area contributed by atoms with Crippen molar-refractivity contribution in [1.29, 1.82) is 0 Å². The molecule has 0 spiro atoms. The number of aryl methyl sites for hydroxylation is 1. The Labute approximate surface area is 488 Å². The first-order chi connectivity index (χ1) is 40.8. The van der Waals surface area contributed by atoms with Gasteiger partial charge in [-0.05, 0) is 212 Å². The van der Waals surface area contributed by atoms with Gasteiger partial charge in [-0.3, -0.25) is 0 Å². The molecule has 0 saturated heterocycles. The minimum absolute atomic E-state index is 0.197. The zero-order valence-electron chi connectivity index (χ0n) is 46.9. The van der Waals surface area contributed by atoms with E-state index in [0.29, 0.717) is 0 Å². The molecule has 0 bridgehead atoms. The summed E-state index contributed by atoms with van der Waals surface area (Å²) in [7, 11) is 0. The summed E-state index contributed by atoms with van der Waals surface area (Å²) in [5.41, 5.74) is 32.1. The molecule has 0 N–H and O–H groups in total. The lowest BCUT2D eigenvalue weighted by Gasteiger charge is -2.36. The van der Waals surface area contributed by atoms with Crippen molar-refractivity contribution >= 4 is 0 Å². The Balaban J connectivity index is 1.08. The molecule has 0 nitrogen and oxygen atoms in total. The van der Waals surface area contributed by atoms with Crippen LogP contribution in [0.2, 0.25) is 0 Å². The van der Waals surface area contributed by atoms with Gasteiger partial charge in [0.15, 0.2) is 0 Å². The van der Waals surface area contributed by atoms with Crippen LogP contribution in [-0.4, -0.2) is 0 Å². The number of hydrogen-bond acceptors (Lipinski definition) is 0. The number of fused-ring (bicyclic) bond motifs is 7. The second-order valence-electron chi connectivity index (χ2n) is 23.3. The van der Waals surface area contributed by atoms with E-state index < -0.39 is 5.41 Å². The summed E-state index contributed by atoms with van der Waals surface area (Å²) in [6.45, 7) is 7.09. The average Bonchev–Trinajstić information content (AvgIpc) is 1.78. The Kier molecular flexibility index (Phi) is 12.1. The van der Waals surface area contributed by atoms with Gasteiger partial charge < -0.3 is 0 Å². The molecule has 0 aromatic heterocycles. The van der Waals surface area contributed by atoms with Gasteiger partial charge in [0.1, 0.15) is 0 Å². The van der Waals surface area contributed by atoms with E-state index in [1.54, 1.807) is 0 Å². The summed E-state index contributed by atoms with van der Waals surface area (Å²) in [6, 6.07) is 116. The summed E-state index contributed by atoms with van der Waals surface area (Å²) in [5.74, 6) is 0. The summed E-state index contributed by atoms with van der Waals surface area (Å²) < 4.78 is 0. The molecule has 83 heavy (non-hydrogen) atoms. The molecule has 0 heteroatoms. The van der Waals surface area contributed by atoms with Gasteiger partial charge in [-0.1, -0.05) is 268 Å². The molecule has 0 amide bonds.